The van der Waals surface area contributed by atoms with Crippen LogP contribution in [0.1, 0.15) is 5.69 Å². The van der Waals surface area contributed by atoms with Crippen molar-refractivity contribution in [1.82, 2.24) is 9.97 Å². The minimum atomic E-state index is -0.116. The lowest BCUT2D eigenvalue weighted by molar-refractivity contribution is 0.301. The largest absolute Gasteiger partial charge is 0.487 e. The molecule has 0 aliphatic carbocycles. The zero-order valence-electron chi connectivity index (χ0n) is 10.2. The van der Waals surface area contributed by atoms with Crippen molar-refractivity contribution in [2.45, 2.75) is 6.61 Å². The van der Waals surface area contributed by atoms with E-state index in [0.717, 1.165) is 16.6 Å². The van der Waals surface area contributed by atoms with Gasteiger partial charge in [0.05, 0.1) is 11.2 Å². The maximum Gasteiger partial charge on any atom is 0.248 e. The van der Waals surface area contributed by atoms with Gasteiger partial charge in [-0.1, -0.05) is 6.07 Å². The standard InChI is InChI=1S/C15H12N2O2/c18-15-7-5-11-4-6-13(9-14(11)17-15)19-10-12-3-1-2-8-16-12/h1-9H,10H2,(H,17,18). The van der Waals surface area contributed by atoms with Gasteiger partial charge in [-0.2, -0.15) is 0 Å². The third kappa shape index (κ3) is 2.63. The molecule has 3 aromatic rings. The Bertz CT molecular complexity index is 751. The average molecular weight is 252 g/mol. The molecule has 0 saturated heterocycles. The molecule has 1 N–H and O–H groups in total. The molecule has 0 aliphatic rings. The molecule has 3 rings (SSSR count). The number of fused-ring (bicyclic) bond motifs is 1. The monoisotopic (exact) mass is 252 g/mol. The van der Waals surface area contributed by atoms with E-state index in [1.165, 1.54) is 6.07 Å². The van der Waals surface area contributed by atoms with Crippen molar-refractivity contribution < 1.29 is 4.74 Å². The highest BCUT2D eigenvalue weighted by molar-refractivity contribution is 5.79. The van der Waals surface area contributed by atoms with Crippen molar-refractivity contribution in [1.29, 1.82) is 0 Å². The SMILES string of the molecule is O=c1ccc2ccc(OCc3ccccn3)cc2[nH]1. The Hall–Kier alpha value is -2.62. The predicted molar refractivity (Wildman–Crippen MR) is 73.1 cm³/mol. The zero-order valence-corrected chi connectivity index (χ0v) is 10.2. The third-order valence-electron chi connectivity index (χ3n) is 2.81. The molecule has 4 nitrogen and oxygen atoms in total. The van der Waals surface area contributed by atoms with E-state index < -0.39 is 0 Å². The molecule has 0 aliphatic heterocycles. The normalized spacial score (nSPS) is 10.5. The molecule has 19 heavy (non-hydrogen) atoms. The molecule has 1 aromatic carbocycles. The summed E-state index contributed by atoms with van der Waals surface area (Å²) in [5.74, 6) is 0.708. The molecule has 0 spiro atoms. The minimum Gasteiger partial charge on any atom is -0.487 e. The quantitative estimate of drug-likeness (QED) is 0.779. The number of nitrogens with zero attached hydrogens (tertiary/aromatic N) is 1. The Morgan fingerprint density at radius 3 is 2.84 bits per heavy atom. The molecule has 4 heteroatoms. The third-order valence-corrected chi connectivity index (χ3v) is 2.81. The van der Waals surface area contributed by atoms with Gasteiger partial charge in [0.25, 0.3) is 0 Å². The molecular weight excluding hydrogens is 240 g/mol. The van der Waals surface area contributed by atoms with E-state index in [1.54, 1.807) is 12.3 Å². The van der Waals surface area contributed by atoms with Gasteiger partial charge < -0.3 is 9.72 Å². The molecule has 0 unspecified atom stereocenters. The van der Waals surface area contributed by atoms with Crippen molar-refractivity contribution in [3.8, 4) is 5.75 Å². The van der Waals surface area contributed by atoms with Gasteiger partial charge in [-0.05, 0) is 35.7 Å². The Balaban J connectivity index is 1.83. The molecular formula is C15H12N2O2. The molecule has 2 heterocycles. The van der Waals surface area contributed by atoms with Crippen LogP contribution in [0, 0.1) is 0 Å². The predicted octanol–water partition coefficient (Wildman–Crippen LogP) is 2.50. The summed E-state index contributed by atoms with van der Waals surface area (Å²) in [7, 11) is 0. The summed E-state index contributed by atoms with van der Waals surface area (Å²) in [5.41, 5.74) is 1.52. The van der Waals surface area contributed by atoms with Crippen LogP contribution in [0.2, 0.25) is 0 Å². The zero-order chi connectivity index (χ0) is 13.1. The first-order chi connectivity index (χ1) is 9.31. The van der Waals surface area contributed by atoms with Crippen LogP contribution in [0.4, 0.5) is 0 Å². The van der Waals surface area contributed by atoms with E-state index in [1.807, 2.05) is 36.4 Å². The van der Waals surface area contributed by atoms with Crippen molar-refractivity contribution in [3.05, 3.63) is 70.8 Å². The highest BCUT2D eigenvalue weighted by atomic mass is 16.5. The first kappa shape index (κ1) is 11.5. The number of hydrogen-bond acceptors (Lipinski definition) is 3. The van der Waals surface area contributed by atoms with Crippen LogP contribution >= 0.6 is 0 Å². The van der Waals surface area contributed by atoms with E-state index in [0.29, 0.717) is 12.4 Å². The maximum absolute atomic E-state index is 11.3. The van der Waals surface area contributed by atoms with E-state index in [-0.39, 0.29) is 5.56 Å². The average Bonchev–Trinajstić information content (AvgIpc) is 2.46. The van der Waals surface area contributed by atoms with Crippen LogP contribution in [-0.2, 0) is 6.61 Å². The summed E-state index contributed by atoms with van der Waals surface area (Å²) in [6, 6.07) is 14.6. The molecule has 0 amide bonds. The molecule has 94 valence electrons. The summed E-state index contributed by atoms with van der Waals surface area (Å²) in [6.07, 6.45) is 1.73. The van der Waals surface area contributed by atoms with Gasteiger partial charge >= 0.3 is 0 Å². The number of aromatic nitrogens is 2. The van der Waals surface area contributed by atoms with Crippen LogP contribution in [0.3, 0.4) is 0 Å². The second-order valence-corrected chi connectivity index (χ2v) is 4.18. The van der Waals surface area contributed by atoms with Crippen molar-refractivity contribution in [2.24, 2.45) is 0 Å². The number of H-pyrrole nitrogens is 1. The summed E-state index contributed by atoms with van der Waals surface area (Å²) in [5, 5.41) is 0.977. The Labute approximate surface area is 109 Å². The smallest absolute Gasteiger partial charge is 0.248 e. The number of aromatic amines is 1. The number of nitrogens with one attached hydrogen (secondary N) is 1. The first-order valence-electron chi connectivity index (χ1n) is 5.97. The second kappa shape index (κ2) is 4.94. The van der Waals surface area contributed by atoms with Gasteiger partial charge in [-0.15, -0.1) is 0 Å². The van der Waals surface area contributed by atoms with Crippen LogP contribution in [0.5, 0.6) is 5.75 Å². The molecule has 0 fully saturated rings. The fraction of sp³-hybridized carbons (Fsp3) is 0.0667. The van der Waals surface area contributed by atoms with Gasteiger partial charge in [0.15, 0.2) is 0 Å². The van der Waals surface area contributed by atoms with Crippen LogP contribution in [0.15, 0.2) is 59.5 Å². The highest BCUT2D eigenvalue weighted by Gasteiger charge is 1.99. The minimum absolute atomic E-state index is 0.116. The van der Waals surface area contributed by atoms with Crippen LogP contribution in [-0.4, -0.2) is 9.97 Å². The molecule has 2 aromatic heterocycles. The van der Waals surface area contributed by atoms with Crippen LogP contribution < -0.4 is 10.3 Å². The number of rotatable bonds is 3. The van der Waals surface area contributed by atoms with Gasteiger partial charge in [0.2, 0.25) is 5.56 Å². The van der Waals surface area contributed by atoms with Gasteiger partial charge in [-0.3, -0.25) is 9.78 Å². The van der Waals surface area contributed by atoms with Crippen LogP contribution in [0.25, 0.3) is 10.9 Å². The Kier molecular flexibility index (Phi) is 2.98. The van der Waals surface area contributed by atoms with Crippen molar-refractivity contribution in [2.75, 3.05) is 0 Å². The lowest BCUT2D eigenvalue weighted by atomic mass is 10.2. The second-order valence-electron chi connectivity index (χ2n) is 4.18. The molecule has 0 atom stereocenters. The summed E-state index contributed by atoms with van der Waals surface area (Å²) >= 11 is 0. The van der Waals surface area contributed by atoms with Gasteiger partial charge in [-0.25, -0.2) is 0 Å². The van der Waals surface area contributed by atoms with E-state index in [4.69, 9.17) is 4.74 Å². The van der Waals surface area contributed by atoms with E-state index >= 15 is 0 Å². The summed E-state index contributed by atoms with van der Waals surface area (Å²) in [4.78, 5) is 18.2. The van der Waals surface area contributed by atoms with Crippen molar-refractivity contribution in [3.63, 3.8) is 0 Å². The van der Waals surface area contributed by atoms with Crippen molar-refractivity contribution >= 4 is 10.9 Å². The lowest BCUT2D eigenvalue weighted by Crippen LogP contribution is -2.02. The molecule has 0 bridgehead atoms. The van der Waals surface area contributed by atoms with Gasteiger partial charge in [0.1, 0.15) is 12.4 Å². The fourth-order valence-electron chi connectivity index (χ4n) is 1.86. The van der Waals surface area contributed by atoms with E-state index in [2.05, 4.69) is 9.97 Å². The molecule has 0 radical (unpaired) electrons. The number of benzene rings is 1. The lowest BCUT2D eigenvalue weighted by Gasteiger charge is -2.06. The summed E-state index contributed by atoms with van der Waals surface area (Å²) in [6.45, 7) is 0.406. The number of pyridine rings is 2. The molecule has 0 saturated carbocycles. The van der Waals surface area contributed by atoms with Gasteiger partial charge in [0, 0.05) is 18.3 Å². The fourth-order valence-corrected chi connectivity index (χ4v) is 1.86. The number of hydrogen-bond donors (Lipinski definition) is 1. The highest BCUT2D eigenvalue weighted by Crippen LogP contribution is 2.18. The maximum atomic E-state index is 11.3. The topological polar surface area (TPSA) is 55.0 Å². The van der Waals surface area contributed by atoms with E-state index in [9.17, 15) is 4.79 Å². The Morgan fingerprint density at radius 2 is 2.00 bits per heavy atom. The summed E-state index contributed by atoms with van der Waals surface area (Å²) < 4.78 is 5.66. The first-order valence-corrected chi connectivity index (χ1v) is 5.97. The Morgan fingerprint density at radius 1 is 1.11 bits per heavy atom. The number of ether oxygens (including phenoxy) is 1.